The highest BCUT2D eigenvalue weighted by Gasteiger charge is 2.05. The fourth-order valence-corrected chi connectivity index (χ4v) is 1.56. The van der Waals surface area contributed by atoms with Gasteiger partial charge in [0, 0.05) is 24.4 Å². The second kappa shape index (κ2) is 5.34. The predicted molar refractivity (Wildman–Crippen MR) is 72.3 cm³/mol. The Labute approximate surface area is 110 Å². The molecule has 1 aromatic carbocycles. The topological polar surface area (TPSA) is 76.0 Å². The summed E-state index contributed by atoms with van der Waals surface area (Å²) in [5.74, 6) is 0.587. The molecule has 0 aliphatic rings. The molecule has 0 aliphatic heterocycles. The molecule has 0 saturated carbocycles. The molecular formula is C13H14N4O2. The van der Waals surface area contributed by atoms with Gasteiger partial charge in [0.05, 0.1) is 6.20 Å². The number of ketones is 1. The smallest absolute Gasteiger partial charge is 0.308 e. The van der Waals surface area contributed by atoms with Crippen LogP contribution in [-0.2, 0) is 7.05 Å². The molecule has 2 amide bonds. The van der Waals surface area contributed by atoms with E-state index in [1.165, 1.54) is 6.92 Å². The average molecular weight is 258 g/mol. The minimum atomic E-state index is -0.362. The molecule has 6 nitrogen and oxygen atoms in total. The number of anilines is 2. The van der Waals surface area contributed by atoms with Crippen LogP contribution in [0.2, 0.25) is 0 Å². The summed E-state index contributed by atoms with van der Waals surface area (Å²) in [5, 5.41) is 9.28. The molecule has 0 fully saturated rings. The average Bonchev–Trinajstić information content (AvgIpc) is 2.75. The summed E-state index contributed by atoms with van der Waals surface area (Å²) in [7, 11) is 1.73. The van der Waals surface area contributed by atoms with Gasteiger partial charge in [-0.05, 0) is 31.2 Å². The first-order chi connectivity index (χ1) is 9.06. The summed E-state index contributed by atoms with van der Waals surface area (Å²) in [6, 6.07) is 8.03. The van der Waals surface area contributed by atoms with Gasteiger partial charge in [0.2, 0.25) is 0 Å². The summed E-state index contributed by atoms with van der Waals surface area (Å²) in [6.07, 6.45) is 1.59. The maximum atomic E-state index is 11.7. The molecule has 2 rings (SSSR count). The molecular weight excluding hydrogens is 244 g/mol. The van der Waals surface area contributed by atoms with Gasteiger partial charge in [0.15, 0.2) is 5.78 Å². The van der Waals surface area contributed by atoms with E-state index in [1.54, 1.807) is 48.3 Å². The number of Topliss-reactive ketones (excluding diaryl/α,β-unsaturated/α-hetero) is 1. The Kier molecular flexibility index (Phi) is 3.61. The number of aromatic nitrogens is 2. The number of hydrogen-bond donors (Lipinski definition) is 2. The SMILES string of the molecule is CC(=O)c1ccc(NC(=O)Nc2ccnn2C)cc1. The number of aryl methyl sites for hydroxylation is 1. The lowest BCUT2D eigenvalue weighted by Crippen LogP contribution is -2.21. The van der Waals surface area contributed by atoms with Crippen molar-refractivity contribution in [2.45, 2.75) is 6.92 Å². The number of carbonyl (C=O) groups excluding carboxylic acids is 2. The molecule has 98 valence electrons. The van der Waals surface area contributed by atoms with E-state index in [2.05, 4.69) is 15.7 Å². The fraction of sp³-hybridized carbons (Fsp3) is 0.154. The molecule has 0 spiro atoms. The lowest BCUT2D eigenvalue weighted by atomic mass is 10.1. The number of urea groups is 1. The van der Waals surface area contributed by atoms with E-state index in [0.717, 1.165) is 0 Å². The minimum Gasteiger partial charge on any atom is -0.308 e. The Hall–Kier alpha value is -2.63. The van der Waals surface area contributed by atoms with Crippen molar-refractivity contribution in [1.82, 2.24) is 9.78 Å². The van der Waals surface area contributed by atoms with E-state index < -0.39 is 0 Å². The Morgan fingerprint density at radius 2 is 1.79 bits per heavy atom. The van der Waals surface area contributed by atoms with Crippen molar-refractivity contribution in [3.05, 3.63) is 42.1 Å². The zero-order valence-corrected chi connectivity index (χ0v) is 10.7. The molecule has 19 heavy (non-hydrogen) atoms. The third-order valence-electron chi connectivity index (χ3n) is 2.61. The van der Waals surface area contributed by atoms with Gasteiger partial charge >= 0.3 is 6.03 Å². The normalized spacial score (nSPS) is 10.0. The van der Waals surface area contributed by atoms with Crippen molar-refractivity contribution in [1.29, 1.82) is 0 Å². The zero-order valence-electron chi connectivity index (χ0n) is 10.7. The Balaban J connectivity index is 1.99. The second-order valence-corrected chi connectivity index (χ2v) is 4.05. The lowest BCUT2D eigenvalue weighted by molar-refractivity contribution is 0.101. The van der Waals surface area contributed by atoms with Crippen molar-refractivity contribution in [3.8, 4) is 0 Å². The van der Waals surface area contributed by atoms with Crippen molar-refractivity contribution >= 4 is 23.3 Å². The van der Waals surface area contributed by atoms with Crippen LogP contribution in [0.3, 0.4) is 0 Å². The lowest BCUT2D eigenvalue weighted by Gasteiger charge is -2.07. The molecule has 0 atom stereocenters. The van der Waals surface area contributed by atoms with Crippen LogP contribution in [0.5, 0.6) is 0 Å². The molecule has 2 aromatic rings. The van der Waals surface area contributed by atoms with Crippen molar-refractivity contribution in [2.75, 3.05) is 10.6 Å². The highest BCUT2D eigenvalue weighted by Crippen LogP contribution is 2.11. The van der Waals surface area contributed by atoms with Crippen molar-refractivity contribution < 1.29 is 9.59 Å². The third-order valence-corrected chi connectivity index (χ3v) is 2.61. The van der Waals surface area contributed by atoms with Crippen LogP contribution < -0.4 is 10.6 Å². The van der Waals surface area contributed by atoms with Gasteiger partial charge in [-0.25, -0.2) is 4.79 Å². The van der Waals surface area contributed by atoms with Crippen LogP contribution in [-0.4, -0.2) is 21.6 Å². The molecule has 6 heteroatoms. The molecule has 0 aliphatic carbocycles. The van der Waals surface area contributed by atoms with E-state index in [0.29, 0.717) is 17.1 Å². The summed E-state index contributed by atoms with van der Waals surface area (Å²) < 4.78 is 1.55. The molecule has 0 bridgehead atoms. The highest BCUT2D eigenvalue weighted by atomic mass is 16.2. The Morgan fingerprint density at radius 1 is 1.11 bits per heavy atom. The van der Waals surface area contributed by atoms with Crippen LogP contribution in [0.1, 0.15) is 17.3 Å². The maximum Gasteiger partial charge on any atom is 0.324 e. The molecule has 0 unspecified atom stereocenters. The van der Waals surface area contributed by atoms with Crippen LogP contribution in [0, 0.1) is 0 Å². The number of nitrogens with one attached hydrogen (secondary N) is 2. The number of benzene rings is 1. The predicted octanol–water partition coefficient (Wildman–Crippen LogP) is 2.27. The van der Waals surface area contributed by atoms with Crippen LogP contribution in [0.25, 0.3) is 0 Å². The quantitative estimate of drug-likeness (QED) is 0.829. The highest BCUT2D eigenvalue weighted by molar-refractivity contribution is 6.00. The maximum absolute atomic E-state index is 11.7. The molecule has 0 radical (unpaired) electrons. The number of carbonyl (C=O) groups is 2. The van der Waals surface area contributed by atoms with Gasteiger partial charge in [0.1, 0.15) is 5.82 Å². The summed E-state index contributed by atoms with van der Waals surface area (Å²) in [4.78, 5) is 22.8. The van der Waals surface area contributed by atoms with E-state index >= 15 is 0 Å². The molecule has 1 heterocycles. The van der Waals surface area contributed by atoms with Crippen LogP contribution in [0.15, 0.2) is 36.5 Å². The molecule has 0 saturated heterocycles. The van der Waals surface area contributed by atoms with Gasteiger partial charge < -0.3 is 5.32 Å². The standard InChI is InChI=1S/C13H14N4O2/c1-9(18)10-3-5-11(6-4-10)15-13(19)16-12-7-8-14-17(12)2/h3-8H,1-2H3,(H2,15,16,19). The second-order valence-electron chi connectivity index (χ2n) is 4.05. The summed E-state index contributed by atoms with van der Waals surface area (Å²) in [6.45, 7) is 1.50. The van der Waals surface area contributed by atoms with Crippen molar-refractivity contribution in [3.63, 3.8) is 0 Å². The van der Waals surface area contributed by atoms with Gasteiger partial charge in [-0.2, -0.15) is 5.10 Å². The molecule has 1 aromatic heterocycles. The first-order valence-electron chi connectivity index (χ1n) is 5.73. The van der Waals surface area contributed by atoms with Crippen LogP contribution >= 0.6 is 0 Å². The molecule has 2 N–H and O–H groups in total. The zero-order chi connectivity index (χ0) is 13.8. The van der Waals surface area contributed by atoms with E-state index in [-0.39, 0.29) is 11.8 Å². The van der Waals surface area contributed by atoms with E-state index in [9.17, 15) is 9.59 Å². The summed E-state index contributed by atoms with van der Waals surface area (Å²) in [5.41, 5.74) is 1.22. The Bertz CT molecular complexity index is 601. The number of nitrogens with zero attached hydrogens (tertiary/aromatic N) is 2. The third kappa shape index (κ3) is 3.19. The number of hydrogen-bond acceptors (Lipinski definition) is 3. The van der Waals surface area contributed by atoms with Gasteiger partial charge in [-0.15, -0.1) is 0 Å². The van der Waals surface area contributed by atoms with Crippen LogP contribution in [0.4, 0.5) is 16.3 Å². The largest absolute Gasteiger partial charge is 0.324 e. The Morgan fingerprint density at radius 3 is 2.32 bits per heavy atom. The first kappa shape index (κ1) is 12.8. The van der Waals surface area contributed by atoms with Crippen molar-refractivity contribution in [2.24, 2.45) is 7.05 Å². The van der Waals surface area contributed by atoms with Gasteiger partial charge in [-0.1, -0.05) is 0 Å². The fourth-order valence-electron chi connectivity index (χ4n) is 1.56. The number of amides is 2. The minimum absolute atomic E-state index is 0.00844. The van der Waals surface area contributed by atoms with Gasteiger partial charge in [0.25, 0.3) is 0 Å². The number of rotatable bonds is 3. The van der Waals surface area contributed by atoms with E-state index in [4.69, 9.17) is 0 Å². The monoisotopic (exact) mass is 258 g/mol. The van der Waals surface area contributed by atoms with E-state index in [1.807, 2.05) is 0 Å². The summed E-state index contributed by atoms with van der Waals surface area (Å²) >= 11 is 0. The van der Waals surface area contributed by atoms with Gasteiger partial charge in [-0.3, -0.25) is 14.8 Å². The first-order valence-corrected chi connectivity index (χ1v) is 5.73.